The zero-order valence-corrected chi connectivity index (χ0v) is 24.8. The highest BCUT2D eigenvalue weighted by Crippen LogP contribution is 2.52. The molecule has 0 unspecified atom stereocenters. The number of piperidine rings is 1. The molecule has 1 saturated heterocycles. The maximum Gasteiger partial charge on any atom is 0.158 e. The highest BCUT2D eigenvalue weighted by molar-refractivity contribution is 7.99. The van der Waals surface area contributed by atoms with E-state index in [1.807, 2.05) is 20.8 Å². The number of fused-ring (bicyclic) bond motifs is 3. The lowest BCUT2D eigenvalue weighted by atomic mass is 9.73. The summed E-state index contributed by atoms with van der Waals surface area (Å²) in [5, 5.41) is 5.94. The molecule has 13 heteroatoms. The molecule has 5 heterocycles. The molecule has 0 bridgehead atoms. The van der Waals surface area contributed by atoms with Crippen molar-refractivity contribution in [2.75, 3.05) is 29.5 Å². The van der Waals surface area contributed by atoms with Gasteiger partial charge in [-0.25, -0.2) is 15.0 Å². The lowest BCUT2D eigenvalue weighted by Crippen LogP contribution is -2.50. The lowest BCUT2D eigenvalue weighted by molar-refractivity contribution is 0.160. The van der Waals surface area contributed by atoms with E-state index in [9.17, 15) is 4.55 Å². The SMILES string of the molecule is CC(C)(C)[S@@+]([O-])N[C@@H]1c2c3c(nn2CC12CCN(c1cnc(Sc4ccnc(N)c4Cl)c(N)n1)CC2)CCC3. The van der Waals surface area contributed by atoms with Crippen LogP contribution < -0.4 is 21.1 Å². The minimum absolute atomic E-state index is 0.0153. The summed E-state index contributed by atoms with van der Waals surface area (Å²) < 4.78 is 18.7. The molecular formula is C26H34ClN9OS2. The van der Waals surface area contributed by atoms with Crippen LogP contribution in [0.2, 0.25) is 5.02 Å². The molecule has 0 saturated carbocycles. The second-order valence-electron chi connectivity index (χ2n) is 11.6. The molecule has 1 aliphatic carbocycles. The van der Waals surface area contributed by atoms with Crippen LogP contribution >= 0.6 is 23.4 Å². The van der Waals surface area contributed by atoms with Crippen molar-refractivity contribution in [3.63, 3.8) is 0 Å². The monoisotopic (exact) mass is 587 g/mol. The van der Waals surface area contributed by atoms with Gasteiger partial charge in [-0.1, -0.05) is 23.4 Å². The Morgan fingerprint density at radius 1 is 1.18 bits per heavy atom. The maximum absolute atomic E-state index is 13.3. The predicted molar refractivity (Wildman–Crippen MR) is 156 cm³/mol. The summed E-state index contributed by atoms with van der Waals surface area (Å²) in [6.45, 7) is 8.52. The Morgan fingerprint density at radius 3 is 2.67 bits per heavy atom. The van der Waals surface area contributed by atoms with E-state index < -0.39 is 11.4 Å². The molecule has 2 atom stereocenters. The largest absolute Gasteiger partial charge is 0.598 e. The summed E-state index contributed by atoms with van der Waals surface area (Å²) in [5.74, 6) is 1.37. The van der Waals surface area contributed by atoms with Gasteiger partial charge in [0, 0.05) is 47.5 Å². The van der Waals surface area contributed by atoms with E-state index in [1.165, 1.54) is 28.7 Å². The minimum Gasteiger partial charge on any atom is -0.598 e. The van der Waals surface area contributed by atoms with Crippen molar-refractivity contribution < 1.29 is 4.55 Å². The molecule has 0 amide bonds. The molecule has 1 spiro atoms. The topological polar surface area (TPSA) is 147 Å². The molecule has 2 aliphatic heterocycles. The number of nitrogens with two attached hydrogens (primary N) is 2. The van der Waals surface area contributed by atoms with Crippen LogP contribution in [0.15, 0.2) is 28.4 Å². The van der Waals surface area contributed by atoms with Crippen LogP contribution in [-0.4, -0.2) is 47.1 Å². The Labute approximate surface area is 241 Å². The average molecular weight is 588 g/mol. The van der Waals surface area contributed by atoms with Gasteiger partial charge in [0.15, 0.2) is 5.82 Å². The number of nitrogens with zero attached hydrogens (tertiary/aromatic N) is 6. The van der Waals surface area contributed by atoms with Crippen LogP contribution in [-0.2, 0) is 30.7 Å². The Hall–Kier alpha value is -2.25. The number of nitrogen functional groups attached to an aromatic ring is 2. The number of nitrogens with one attached hydrogen (secondary N) is 1. The first-order valence-electron chi connectivity index (χ1n) is 13.3. The molecule has 208 valence electrons. The molecule has 6 rings (SSSR count). The molecular weight excluding hydrogens is 554 g/mol. The first kappa shape index (κ1) is 26.9. The van der Waals surface area contributed by atoms with E-state index >= 15 is 0 Å². The number of anilines is 3. The van der Waals surface area contributed by atoms with E-state index in [-0.39, 0.29) is 22.0 Å². The zero-order chi connectivity index (χ0) is 27.5. The van der Waals surface area contributed by atoms with Crippen LogP contribution in [0.5, 0.6) is 0 Å². The standard InChI is InChI=1S/C26H34ClN9OS2/c1-25(2,3)39(37)34-21-20-15-5-4-6-16(15)33-36(20)14-26(21)8-11-35(12-9-26)18-13-31-24(23(29)32-18)38-17-7-10-30-22(28)19(17)27/h7,10,13,21,34H,4-6,8-9,11-12,14H2,1-3H3,(H2,28,30)(H2,29,32)/t21-,39-/m1/s1. The first-order chi connectivity index (χ1) is 18.6. The van der Waals surface area contributed by atoms with Crippen LogP contribution in [0.3, 0.4) is 0 Å². The molecule has 0 radical (unpaired) electrons. The van der Waals surface area contributed by atoms with E-state index in [2.05, 4.69) is 29.3 Å². The Kier molecular flexibility index (Phi) is 6.90. The normalized spacial score (nSPS) is 20.8. The Balaban J connectivity index is 1.20. The van der Waals surface area contributed by atoms with Gasteiger partial charge in [0.1, 0.15) is 27.5 Å². The van der Waals surface area contributed by atoms with Crippen LogP contribution in [0.1, 0.15) is 63.0 Å². The molecule has 3 aromatic rings. The number of aryl methyl sites for hydroxylation is 1. The summed E-state index contributed by atoms with van der Waals surface area (Å²) in [5.41, 5.74) is 16.0. The first-order valence-corrected chi connectivity index (χ1v) is 15.6. The van der Waals surface area contributed by atoms with Gasteiger partial charge in [0.05, 0.1) is 22.6 Å². The predicted octanol–water partition coefficient (Wildman–Crippen LogP) is 3.92. The molecule has 3 aliphatic rings. The van der Waals surface area contributed by atoms with E-state index in [0.29, 0.717) is 15.9 Å². The maximum atomic E-state index is 13.3. The van der Waals surface area contributed by atoms with Crippen molar-refractivity contribution in [3.05, 3.63) is 40.4 Å². The fourth-order valence-electron chi connectivity index (χ4n) is 5.92. The third-order valence-corrected chi connectivity index (χ3v) is 11.2. The van der Waals surface area contributed by atoms with E-state index in [1.54, 1.807) is 18.5 Å². The van der Waals surface area contributed by atoms with Crippen molar-refractivity contribution in [2.24, 2.45) is 5.41 Å². The van der Waals surface area contributed by atoms with Gasteiger partial charge in [-0.15, -0.1) is 4.72 Å². The zero-order valence-electron chi connectivity index (χ0n) is 22.4. The highest BCUT2D eigenvalue weighted by Gasteiger charge is 2.53. The van der Waals surface area contributed by atoms with Crippen LogP contribution in [0.25, 0.3) is 0 Å². The van der Waals surface area contributed by atoms with E-state index in [0.717, 1.165) is 62.5 Å². The third kappa shape index (κ3) is 4.84. The molecule has 0 aromatic carbocycles. The van der Waals surface area contributed by atoms with Gasteiger partial charge in [0.2, 0.25) is 0 Å². The van der Waals surface area contributed by atoms with Gasteiger partial charge < -0.3 is 20.9 Å². The molecule has 3 aromatic heterocycles. The number of hydrogen-bond acceptors (Lipinski definition) is 10. The second-order valence-corrected chi connectivity index (χ2v) is 15.0. The van der Waals surface area contributed by atoms with Gasteiger partial charge in [-0.2, -0.15) is 5.10 Å². The van der Waals surface area contributed by atoms with Crippen molar-refractivity contribution in [2.45, 2.75) is 80.1 Å². The summed E-state index contributed by atoms with van der Waals surface area (Å²) in [4.78, 5) is 16.3. The number of pyridine rings is 1. The minimum atomic E-state index is -1.18. The Bertz CT molecular complexity index is 1400. The van der Waals surface area contributed by atoms with Crippen molar-refractivity contribution in [3.8, 4) is 0 Å². The second kappa shape index (κ2) is 9.99. The highest BCUT2D eigenvalue weighted by atomic mass is 35.5. The molecule has 1 fully saturated rings. The fourth-order valence-corrected chi connectivity index (χ4v) is 7.87. The number of rotatable bonds is 5. The number of aromatic nitrogens is 5. The molecule has 10 nitrogen and oxygen atoms in total. The van der Waals surface area contributed by atoms with Crippen LogP contribution in [0, 0.1) is 5.41 Å². The van der Waals surface area contributed by atoms with Gasteiger partial charge in [0.25, 0.3) is 0 Å². The summed E-state index contributed by atoms with van der Waals surface area (Å²) in [6, 6.07) is 1.79. The Morgan fingerprint density at radius 2 is 1.95 bits per heavy atom. The summed E-state index contributed by atoms with van der Waals surface area (Å²) in [7, 11) is 0. The fraction of sp³-hybridized carbons (Fsp3) is 0.538. The number of halogens is 1. The smallest absolute Gasteiger partial charge is 0.158 e. The van der Waals surface area contributed by atoms with E-state index in [4.69, 9.17) is 28.2 Å². The van der Waals surface area contributed by atoms with Gasteiger partial charge in [-0.3, -0.25) is 4.68 Å². The summed E-state index contributed by atoms with van der Waals surface area (Å²) >= 11 is 6.44. The van der Waals surface area contributed by atoms with Gasteiger partial charge in [-0.05, 0) is 64.5 Å². The number of hydrogen-bond donors (Lipinski definition) is 3. The average Bonchev–Trinajstić information content (AvgIpc) is 3.54. The molecule has 5 N–H and O–H groups in total. The van der Waals surface area contributed by atoms with Crippen molar-refractivity contribution >= 4 is 52.2 Å². The summed E-state index contributed by atoms with van der Waals surface area (Å²) in [6.07, 6.45) is 8.47. The third-order valence-electron chi connectivity index (χ3n) is 8.07. The molecule has 39 heavy (non-hydrogen) atoms. The van der Waals surface area contributed by atoms with Gasteiger partial charge >= 0.3 is 0 Å². The van der Waals surface area contributed by atoms with Crippen molar-refractivity contribution in [1.82, 2.24) is 29.5 Å². The quantitative estimate of drug-likeness (QED) is 0.375. The lowest BCUT2D eigenvalue weighted by Gasteiger charge is -2.43. The van der Waals surface area contributed by atoms with Crippen molar-refractivity contribution in [1.29, 1.82) is 0 Å². The van der Waals surface area contributed by atoms with Crippen LogP contribution in [0.4, 0.5) is 17.5 Å².